The highest BCUT2D eigenvalue weighted by atomic mass is 32.1. The van der Waals surface area contributed by atoms with E-state index in [-0.39, 0.29) is 5.82 Å². The summed E-state index contributed by atoms with van der Waals surface area (Å²) < 4.78 is 18.2. The van der Waals surface area contributed by atoms with Crippen molar-refractivity contribution in [2.45, 2.75) is 20.3 Å². The van der Waals surface area contributed by atoms with Gasteiger partial charge in [0.15, 0.2) is 6.61 Å². The minimum Gasteiger partial charge on any atom is -0.451 e. The number of aromatic nitrogens is 1. The lowest BCUT2D eigenvalue weighted by Gasteiger charge is -2.07. The number of amides is 1. The lowest BCUT2D eigenvalue weighted by atomic mass is 10.1. The van der Waals surface area contributed by atoms with Crippen LogP contribution in [-0.2, 0) is 16.0 Å². The quantitative estimate of drug-likeness (QED) is 0.616. The maximum atomic E-state index is 13.1. The number of carbonyl (C=O) groups excluding carboxylic acids is 2. The van der Waals surface area contributed by atoms with Crippen molar-refractivity contribution in [3.8, 4) is 10.6 Å². The fraction of sp³-hybridized carbons (Fsp3) is 0.190. The number of thiazole rings is 1. The second kappa shape index (κ2) is 8.75. The molecule has 0 unspecified atom stereocenters. The first-order valence-corrected chi connectivity index (χ1v) is 9.57. The minimum atomic E-state index is -0.610. The predicted molar refractivity (Wildman–Crippen MR) is 107 cm³/mol. The normalized spacial score (nSPS) is 10.5. The van der Waals surface area contributed by atoms with Gasteiger partial charge in [0.1, 0.15) is 15.7 Å². The van der Waals surface area contributed by atoms with Crippen LogP contribution in [0.4, 0.5) is 10.1 Å². The molecule has 0 saturated heterocycles. The van der Waals surface area contributed by atoms with Crippen LogP contribution in [-0.4, -0.2) is 23.5 Å². The molecular weight excluding hydrogens is 379 g/mol. The van der Waals surface area contributed by atoms with Gasteiger partial charge in [0.25, 0.3) is 5.91 Å². The molecule has 0 spiro atoms. The van der Waals surface area contributed by atoms with Crippen molar-refractivity contribution in [3.63, 3.8) is 0 Å². The Kier molecular flexibility index (Phi) is 6.16. The molecule has 0 atom stereocenters. The molecule has 1 aromatic heterocycles. The second-order valence-corrected chi connectivity index (χ2v) is 7.12. The molecule has 0 aliphatic heterocycles. The number of nitrogens with zero attached hydrogens (tertiary/aromatic N) is 1. The molecule has 1 amide bonds. The van der Waals surface area contributed by atoms with Gasteiger partial charge in [0, 0.05) is 11.3 Å². The van der Waals surface area contributed by atoms with Gasteiger partial charge in [-0.25, -0.2) is 14.2 Å². The molecule has 0 aliphatic carbocycles. The van der Waals surface area contributed by atoms with Crippen molar-refractivity contribution in [2.75, 3.05) is 11.9 Å². The van der Waals surface area contributed by atoms with Crippen LogP contribution in [0.5, 0.6) is 0 Å². The van der Waals surface area contributed by atoms with Crippen LogP contribution in [0.3, 0.4) is 0 Å². The molecule has 7 heteroatoms. The largest absolute Gasteiger partial charge is 0.451 e. The standard InChI is InChI=1S/C21H19FN2O3S/c1-3-14-5-4-6-17(11-14)24-18(25)12-27-21(26)19-13(2)23-20(28-19)15-7-9-16(22)10-8-15/h4-11H,3,12H2,1-2H3,(H,24,25). The average molecular weight is 398 g/mol. The number of halogens is 1. The third-order valence-corrected chi connectivity index (χ3v) is 5.21. The van der Waals surface area contributed by atoms with Gasteiger partial charge in [-0.15, -0.1) is 11.3 Å². The van der Waals surface area contributed by atoms with E-state index >= 15 is 0 Å². The third kappa shape index (κ3) is 4.80. The Bertz CT molecular complexity index is 999. The SMILES string of the molecule is CCc1cccc(NC(=O)COC(=O)c2sc(-c3ccc(F)cc3)nc2C)c1. The first kappa shape index (κ1) is 19.7. The number of rotatable bonds is 6. The number of anilines is 1. The van der Waals surface area contributed by atoms with Crippen LogP contribution in [0, 0.1) is 12.7 Å². The summed E-state index contributed by atoms with van der Waals surface area (Å²) in [5, 5.41) is 3.30. The van der Waals surface area contributed by atoms with E-state index in [1.54, 1.807) is 25.1 Å². The number of benzene rings is 2. The lowest BCUT2D eigenvalue weighted by molar-refractivity contribution is -0.119. The number of hydrogen-bond donors (Lipinski definition) is 1. The molecule has 0 radical (unpaired) electrons. The molecule has 1 heterocycles. The van der Waals surface area contributed by atoms with Crippen molar-refractivity contribution >= 4 is 28.9 Å². The van der Waals surface area contributed by atoms with Crippen molar-refractivity contribution in [3.05, 3.63) is 70.5 Å². The number of carbonyl (C=O) groups is 2. The summed E-state index contributed by atoms with van der Waals surface area (Å²) in [7, 11) is 0. The number of hydrogen-bond acceptors (Lipinski definition) is 5. The van der Waals surface area contributed by atoms with Gasteiger partial charge >= 0.3 is 5.97 Å². The molecule has 0 fully saturated rings. The number of ether oxygens (including phenoxy) is 1. The Labute approximate surface area is 166 Å². The molecule has 0 bridgehead atoms. The van der Waals surface area contributed by atoms with E-state index in [2.05, 4.69) is 10.3 Å². The van der Waals surface area contributed by atoms with Crippen LogP contribution in [0.15, 0.2) is 48.5 Å². The van der Waals surface area contributed by atoms with Gasteiger partial charge in [-0.3, -0.25) is 4.79 Å². The second-order valence-electron chi connectivity index (χ2n) is 6.12. The summed E-state index contributed by atoms with van der Waals surface area (Å²) in [5.41, 5.74) is 2.98. The molecule has 1 N–H and O–H groups in total. The van der Waals surface area contributed by atoms with Crippen LogP contribution in [0.25, 0.3) is 10.6 Å². The van der Waals surface area contributed by atoms with Crippen molar-refractivity contribution < 1.29 is 18.7 Å². The van der Waals surface area contributed by atoms with E-state index in [0.29, 0.717) is 26.8 Å². The lowest BCUT2D eigenvalue weighted by Crippen LogP contribution is -2.20. The molecule has 3 aromatic rings. The molecule has 0 saturated carbocycles. The third-order valence-electron chi connectivity index (χ3n) is 4.03. The first-order valence-electron chi connectivity index (χ1n) is 8.75. The van der Waals surface area contributed by atoms with Gasteiger partial charge in [-0.05, 0) is 55.3 Å². The number of esters is 1. The molecule has 28 heavy (non-hydrogen) atoms. The van der Waals surface area contributed by atoms with Gasteiger partial charge in [-0.1, -0.05) is 19.1 Å². The molecule has 3 rings (SSSR count). The number of nitrogens with one attached hydrogen (secondary N) is 1. The number of aryl methyl sites for hydroxylation is 2. The Morgan fingerprint density at radius 1 is 1.18 bits per heavy atom. The fourth-order valence-corrected chi connectivity index (χ4v) is 3.53. The maximum Gasteiger partial charge on any atom is 0.350 e. The summed E-state index contributed by atoms with van der Waals surface area (Å²) >= 11 is 1.15. The molecule has 2 aromatic carbocycles. The topological polar surface area (TPSA) is 68.3 Å². The molecule has 144 valence electrons. The molecular formula is C21H19FN2O3S. The van der Waals surface area contributed by atoms with Gasteiger partial charge in [-0.2, -0.15) is 0 Å². The van der Waals surface area contributed by atoms with Gasteiger partial charge in [0.2, 0.25) is 0 Å². The highest BCUT2D eigenvalue weighted by molar-refractivity contribution is 7.17. The summed E-state index contributed by atoms with van der Waals surface area (Å²) in [6.07, 6.45) is 0.861. The van der Waals surface area contributed by atoms with Crippen molar-refractivity contribution in [1.82, 2.24) is 4.98 Å². The van der Waals surface area contributed by atoms with Gasteiger partial charge < -0.3 is 10.1 Å². The van der Waals surface area contributed by atoms with E-state index in [1.807, 2.05) is 25.1 Å². The predicted octanol–water partition coefficient (Wildman–Crippen LogP) is 4.62. The molecule has 5 nitrogen and oxygen atoms in total. The summed E-state index contributed by atoms with van der Waals surface area (Å²) in [5.74, 6) is -1.37. The Hall–Kier alpha value is -3.06. The van der Waals surface area contributed by atoms with Gasteiger partial charge in [0.05, 0.1) is 5.69 Å². The average Bonchev–Trinajstić information content (AvgIpc) is 3.08. The van der Waals surface area contributed by atoms with Crippen LogP contribution in [0.1, 0.15) is 27.9 Å². The zero-order valence-corrected chi connectivity index (χ0v) is 16.3. The zero-order valence-electron chi connectivity index (χ0n) is 15.5. The summed E-state index contributed by atoms with van der Waals surface area (Å²) in [6.45, 7) is 3.33. The first-order chi connectivity index (χ1) is 13.5. The highest BCUT2D eigenvalue weighted by Crippen LogP contribution is 2.28. The fourth-order valence-electron chi connectivity index (χ4n) is 2.56. The van der Waals surface area contributed by atoms with Crippen molar-refractivity contribution in [2.24, 2.45) is 0 Å². The van der Waals surface area contributed by atoms with E-state index < -0.39 is 18.5 Å². The highest BCUT2D eigenvalue weighted by Gasteiger charge is 2.19. The Balaban J connectivity index is 1.61. The van der Waals surface area contributed by atoms with Crippen LogP contribution in [0.2, 0.25) is 0 Å². The van der Waals surface area contributed by atoms with E-state index in [0.717, 1.165) is 23.3 Å². The summed E-state index contributed by atoms with van der Waals surface area (Å²) in [4.78, 5) is 29.0. The van der Waals surface area contributed by atoms with Crippen LogP contribution < -0.4 is 5.32 Å². The van der Waals surface area contributed by atoms with E-state index in [4.69, 9.17) is 4.74 Å². The maximum absolute atomic E-state index is 13.1. The van der Waals surface area contributed by atoms with E-state index in [9.17, 15) is 14.0 Å². The minimum absolute atomic E-state index is 0.320. The monoisotopic (exact) mass is 398 g/mol. The zero-order chi connectivity index (χ0) is 20.1. The molecule has 0 aliphatic rings. The van der Waals surface area contributed by atoms with Crippen molar-refractivity contribution in [1.29, 1.82) is 0 Å². The summed E-state index contributed by atoms with van der Waals surface area (Å²) in [6, 6.07) is 13.4. The van der Waals surface area contributed by atoms with Crippen LogP contribution >= 0.6 is 11.3 Å². The Morgan fingerprint density at radius 2 is 1.93 bits per heavy atom. The Morgan fingerprint density at radius 3 is 2.64 bits per heavy atom. The van der Waals surface area contributed by atoms with E-state index in [1.165, 1.54) is 12.1 Å². The smallest absolute Gasteiger partial charge is 0.350 e.